The highest BCUT2D eigenvalue weighted by Gasteiger charge is 2.37. The number of sulfone groups is 1. The van der Waals surface area contributed by atoms with E-state index in [9.17, 15) is 13.2 Å². The summed E-state index contributed by atoms with van der Waals surface area (Å²) in [7, 11) is -4.06. The normalized spacial score (nSPS) is 18.2. The highest BCUT2D eigenvalue weighted by atomic mass is 35.5. The molecule has 174 valence electrons. The summed E-state index contributed by atoms with van der Waals surface area (Å²) in [6.45, 7) is 5.51. The minimum Gasteiger partial charge on any atom is -0.420 e. The van der Waals surface area contributed by atoms with Crippen LogP contribution in [-0.4, -0.2) is 41.3 Å². The Morgan fingerprint density at radius 1 is 1.27 bits per heavy atom. The third-order valence-corrected chi connectivity index (χ3v) is 7.10. The first-order chi connectivity index (χ1) is 15.4. The van der Waals surface area contributed by atoms with Gasteiger partial charge in [0.2, 0.25) is 11.8 Å². The minimum absolute atomic E-state index is 0.0326. The van der Waals surface area contributed by atoms with Gasteiger partial charge in [0, 0.05) is 11.6 Å². The number of rotatable bonds is 3. The largest absolute Gasteiger partial charge is 0.420 e. The lowest BCUT2D eigenvalue weighted by Gasteiger charge is -2.24. The molecule has 33 heavy (non-hydrogen) atoms. The van der Waals surface area contributed by atoms with Crippen LogP contribution in [0.15, 0.2) is 39.8 Å². The Morgan fingerprint density at radius 2 is 2.00 bits per heavy atom. The van der Waals surface area contributed by atoms with Crippen molar-refractivity contribution in [3.63, 3.8) is 0 Å². The molecule has 3 aromatic rings. The van der Waals surface area contributed by atoms with Crippen molar-refractivity contribution < 1.29 is 22.0 Å². The van der Waals surface area contributed by atoms with Crippen LogP contribution in [0.4, 0.5) is 10.1 Å². The third kappa shape index (κ3) is 4.48. The van der Waals surface area contributed by atoms with Crippen LogP contribution >= 0.6 is 11.6 Å². The van der Waals surface area contributed by atoms with E-state index in [1.807, 2.05) is 20.8 Å². The van der Waals surface area contributed by atoms with Crippen LogP contribution in [0.3, 0.4) is 0 Å². The zero-order valence-corrected chi connectivity index (χ0v) is 19.6. The molecule has 1 atom stereocenters. The topological polar surface area (TPSA) is 132 Å². The number of fused-ring (bicyclic) bond motifs is 1. The number of nitrogens with two attached hydrogens (primary N) is 1. The van der Waals surface area contributed by atoms with Gasteiger partial charge in [-0.3, -0.25) is 4.79 Å². The van der Waals surface area contributed by atoms with Gasteiger partial charge in [-0.15, -0.1) is 10.2 Å². The molecule has 0 radical (unpaired) electrons. The molecule has 2 N–H and O–H groups in total. The fourth-order valence-electron chi connectivity index (χ4n) is 3.36. The highest BCUT2D eigenvalue weighted by Crippen LogP contribution is 2.37. The number of hydrogen-bond donors (Lipinski definition) is 1. The van der Waals surface area contributed by atoms with Crippen molar-refractivity contribution in [3.8, 4) is 11.5 Å². The van der Waals surface area contributed by atoms with E-state index in [0.29, 0.717) is 5.56 Å². The van der Waals surface area contributed by atoms with Gasteiger partial charge in [0.15, 0.2) is 9.84 Å². The number of halogens is 2. The fraction of sp³-hybridized carbons (Fsp3) is 0.333. The number of pyridine rings is 1. The fourth-order valence-corrected chi connectivity index (χ4v) is 5.04. The maximum absolute atomic E-state index is 15.1. The molecular formula is C21H21ClFN5O4S. The lowest BCUT2D eigenvalue weighted by atomic mass is 9.97. The number of benzene rings is 1. The summed E-state index contributed by atoms with van der Waals surface area (Å²) >= 11 is 5.83. The van der Waals surface area contributed by atoms with E-state index in [2.05, 4.69) is 15.2 Å². The molecule has 1 aliphatic rings. The molecule has 2 aromatic heterocycles. The van der Waals surface area contributed by atoms with E-state index in [1.54, 1.807) is 12.1 Å². The van der Waals surface area contributed by atoms with Crippen LogP contribution in [-0.2, 0) is 26.6 Å². The van der Waals surface area contributed by atoms with Crippen molar-refractivity contribution >= 4 is 33.0 Å². The lowest BCUT2D eigenvalue weighted by Crippen LogP contribution is -2.45. The summed E-state index contributed by atoms with van der Waals surface area (Å²) < 4.78 is 46.6. The molecule has 1 aromatic carbocycles. The summed E-state index contributed by atoms with van der Waals surface area (Å²) in [6, 6.07) is 3.94. The monoisotopic (exact) mass is 493 g/mol. The molecule has 1 amide bonds. The Morgan fingerprint density at radius 3 is 2.61 bits per heavy atom. The van der Waals surface area contributed by atoms with Crippen LogP contribution in [0, 0.1) is 5.82 Å². The Labute approximate surface area is 194 Å². The quantitative estimate of drug-likeness (QED) is 0.551. The van der Waals surface area contributed by atoms with Crippen LogP contribution in [0.25, 0.3) is 11.5 Å². The van der Waals surface area contributed by atoms with Gasteiger partial charge in [0.05, 0.1) is 34.5 Å². The lowest BCUT2D eigenvalue weighted by molar-refractivity contribution is -0.119. The van der Waals surface area contributed by atoms with Gasteiger partial charge in [-0.2, -0.15) is 0 Å². The van der Waals surface area contributed by atoms with Gasteiger partial charge >= 0.3 is 0 Å². The van der Waals surface area contributed by atoms with Crippen LogP contribution in [0.5, 0.6) is 0 Å². The maximum atomic E-state index is 15.1. The average Bonchev–Trinajstić information content (AvgIpc) is 3.21. The van der Waals surface area contributed by atoms with Crippen LogP contribution in [0.1, 0.15) is 32.2 Å². The number of nitrogens with zero attached hydrogens (tertiary/aromatic N) is 4. The summed E-state index contributed by atoms with van der Waals surface area (Å²) in [5.41, 5.74) is 5.83. The molecule has 0 unspecified atom stereocenters. The molecule has 12 heteroatoms. The van der Waals surface area contributed by atoms with E-state index < -0.39 is 38.8 Å². The predicted molar refractivity (Wildman–Crippen MR) is 119 cm³/mol. The van der Waals surface area contributed by atoms with Crippen LogP contribution in [0.2, 0.25) is 5.15 Å². The van der Waals surface area contributed by atoms with Crippen molar-refractivity contribution in [2.24, 2.45) is 5.73 Å². The first kappa shape index (κ1) is 23.3. The molecule has 0 fully saturated rings. The molecule has 4 rings (SSSR count). The van der Waals surface area contributed by atoms with Gasteiger partial charge in [-0.05, 0) is 23.8 Å². The molecule has 0 saturated heterocycles. The first-order valence-corrected chi connectivity index (χ1v) is 12.0. The number of carbonyl (C=O) groups excluding carboxylic acids is 1. The number of aromatic nitrogens is 3. The second kappa shape index (κ2) is 8.15. The first-order valence-electron chi connectivity index (χ1n) is 9.95. The molecular weight excluding hydrogens is 473 g/mol. The molecule has 0 aliphatic carbocycles. The van der Waals surface area contributed by atoms with Crippen molar-refractivity contribution in [1.29, 1.82) is 0 Å². The van der Waals surface area contributed by atoms with E-state index in [1.165, 1.54) is 17.2 Å². The Bertz CT molecular complexity index is 1340. The van der Waals surface area contributed by atoms with Crippen molar-refractivity contribution in [2.75, 3.05) is 10.7 Å². The smallest absolute Gasteiger partial charge is 0.250 e. The van der Waals surface area contributed by atoms with E-state index >= 15 is 4.39 Å². The SMILES string of the molecule is CC(C)(C)c1nnc(-c2cc3c(cc2F)S(=O)(=O)C[C@H](N)C(=O)N3Cc2ccc(Cl)nc2)o1. The summed E-state index contributed by atoms with van der Waals surface area (Å²) in [5, 5.41) is 8.14. The predicted octanol–water partition coefficient (Wildman–Crippen LogP) is 2.87. The standard InChI is InChI=1S/C21H21ClFN5O4S/c1-21(2,3)20-27-26-18(32-20)12-6-15-16(7-13(12)23)33(30,31)10-14(24)19(29)28(15)9-11-4-5-17(22)25-8-11/h4-8,14H,9-10,24H2,1-3H3/t14-/m0/s1. The number of anilines is 1. The van der Waals surface area contributed by atoms with Gasteiger partial charge in [0.25, 0.3) is 5.89 Å². The Balaban J connectivity index is 1.89. The van der Waals surface area contributed by atoms with E-state index in [0.717, 1.165) is 6.07 Å². The molecule has 0 bridgehead atoms. The Hall–Kier alpha value is -2.89. The zero-order chi connectivity index (χ0) is 24.1. The van der Waals surface area contributed by atoms with Crippen molar-refractivity contribution in [3.05, 3.63) is 52.9 Å². The van der Waals surface area contributed by atoms with Gasteiger partial charge in [-0.1, -0.05) is 38.4 Å². The molecule has 1 aliphatic heterocycles. The summed E-state index contributed by atoms with van der Waals surface area (Å²) in [5.74, 6) is -2.02. The number of amides is 1. The number of hydrogen-bond acceptors (Lipinski definition) is 8. The Kier molecular flexibility index (Phi) is 5.75. The van der Waals surface area contributed by atoms with E-state index in [4.69, 9.17) is 21.8 Å². The zero-order valence-electron chi connectivity index (χ0n) is 18.0. The third-order valence-electron chi connectivity index (χ3n) is 5.08. The van der Waals surface area contributed by atoms with Gasteiger partial charge in [-0.25, -0.2) is 17.8 Å². The molecule has 3 heterocycles. The van der Waals surface area contributed by atoms with Crippen LogP contribution < -0.4 is 10.6 Å². The van der Waals surface area contributed by atoms with Gasteiger partial charge in [0.1, 0.15) is 11.0 Å². The minimum atomic E-state index is -4.06. The number of carbonyl (C=O) groups is 1. The maximum Gasteiger partial charge on any atom is 0.250 e. The molecule has 0 spiro atoms. The van der Waals surface area contributed by atoms with Crippen molar-refractivity contribution in [2.45, 2.75) is 43.7 Å². The summed E-state index contributed by atoms with van der Waals surface area (Å²) in [6.07, 6.45) is 1.46. The van der Waals surface area contributed by atoms with Gasteiger partial charge < -0.3 is 15.1 Å². The average molecular weight is 494 g/mol. The summed E-state index contributed by atoms with van der Waals surface area (Å²) in [4.78, 5) is 17.9. The van der Waals surface area contributed by atoms with E-state index in [-0.39, 0.29) is 39.6 Å². The van der Waals surface area contributed by atoms with Crippen molar-refractivity contribution in [1.82, 2.24) is 15.2 Å². The second-order valence-electron chi connectivity index (χ2n) is 8.76. The molecule has 9 nitrogen and oxygen atoms in total. The second-order valence-corrected chi connectivity index (χ2v) is 11.2. The highest BCUT2D eigenvalue weighted by molar-refractivity contribution is 7.91. The molecule has 0 saturated carbocycles.